The van der Waals surface area contributed by atoms with E-state index in [1.165, 1.54) is 12.1 Å². The third-order valence-corrected chi connectivity index (χ3v) is 2.67. The van der Waals surface area contributed by atoms with Gasteiger partial charge in [-0.05, 0) is 29.8 Å². The lowest BCUT2D eigenvalue weighted by Crippen LogP contribution is -1.96. The van der Waals surface area contributed by atoms with Crippen LogP contribution in [0.2, 0.25) is 0 Å². The van der Waals surface area contributed by atoms with Gasteiger partial charge in [0.25, 0.3) is 0 Å². The summed E-state index contributed by atoms with van der Waals surface area (Å²) < 4.78 is 18.9. The van der Waals surface area contributed by atoms with Crippen LogP contribution in [0.1, 0.15) is 16.7 Å². The normalized spacial score (nSPS) is 9.38. The molecule has 0 radical (unpaired) electrons. The summed E-state index contributed by atoms with van der Waals surface area (Å²) in [6.07, 6.45) is 0. The zero-order chi connectivity index (χ0) is 15.1. The molecule has 104 valence electrons. The maximum atomic E-state index is 13.4. The van der Waals surface area contributed by atoms with Gasteiger partial charge in [0.2, 0.25) is 0 Å². The molecule has 2 rings (SSSR count). The minimum absolute atomic E-state index is 0.266. The Hall–Kier alpha value is -2.82. The largest absolute Gasteiger partial charge is 0.489 e. The highest BCUT2D eigenvalue weighted by Crippen LogP contribution is 2.17. The summed E-state index contributed by atoms with van der Waals surface area (Å²) in [5, 5.41) is 17.4. The molecule has 21 heavy (non-hydrogen) atoms. The standard InChI is InChI=1S/C17H12FNO2/c18-16-8-15(2-1-7-20)9-17(10-16)21-12-14-5-3-13(11-19)4-6-14/h3-6,8-10,20H,7,12H2. The average molecular weight is 281 g/mol. The van der Waals surface area contributed by atoms with Gasteiger partial charge in [0.05, 0.1) is 11.6 Å². The van der Waals surface area contributed by atoms with E-state index in [4.69, 9.17) is 15.1 Å². The Morgan fingerprint density at radius 1 is 1.10 bits per heavy atom. The molecular formula is C17H12FNO2. The van der Waals surface area contributed by atoms with Crippen LogP contribution in [0.5, 0.6) is 5.75 Å². The highest BCUT2D eigenvalue weighted by atomic mass is 19.1. The van der Waals surface area contributed by atoms with Crippen molar-refractivity contribution < 1.29 is 14.2 Å². The molecule has 0 aromatic heterocycles. The van der Waals surface area contributed by atoms with Crippen LogP contribution in [-0.2, 0) is 6.61 Å². The van der Waals surface area contributed by atoms with Crippen molar-refractivity contribution in [3.05, 3.63) is 65.0 Å². The molecule has 0 amide bonds. The van der Waals surface area contributed by atoms with Crippen LogP contribution in [0.25, 0.3) is 0 Å². The Balaban J connectivity index is 2.08. The Kier molecular flexibility index (Phi) is 4.93. The number of aliphatic hydroxyl groups excluding tert-OH is 1. The molecule has 0 fully saturated rings. The summed E-state index contributed by atoms with van der Waals surface area (Å²) >= 11 is 0. The van der Waals surface area contributed by atoms with Crippen molar-refractivity contribution in [1.29, 1.82) is 5.26 Å². The Morgan fingerprint density at radius 2 is 1.86 bits per heavy atom. The molecule has 0 bridgehead atoms. The van der Waals surface area contributed by atoms with Gasteiger partial charge >= 0.3 is 0 Å². The zero-order valence-corrected chi connectivity index (χ0v) is 11.1. The number of benzene rings is 2. The van der Waals surface area contributed by atoms with E-state index in [1.807, 2.05) is 6.07 Å². The topological polar surface area (TPSA) is 53.2 Å². The van der Waals surface area contributed by atoms with Gasteiger partial charge in [-0.2, -0.15) is 5.26 Å². The molecule has 0 atom stereocenters. The number of halogens is 1. The van der Waals surface area contributed by atoms with Crippen molar-refractivity contribution in [3.63, 3.8) is 0 Å². The van der Waals surface area contributed by atoms with Gasteiger partial charge in [0, 0.05) is 11.6 Å². The molecule has 2 aromatic rings. The Morgan fingerprint density at radius 3 is 2.52 bits per heavy atom. The van der Waals surface area contributed by atoms with Gasteiger partial charge in [-0.15, -0.1) is 0 Å². The third-order valence-electron chi connectivity index (χ3n) is 2.67. The maximum Gasteiger partial charge on any atom is 0.128 e. The first-order valence-corrected chi connectivity index (χ1v) is 6.23. The van der Waals surface area contributed by atoms with Gasteiger partial charge in [0.15, 0.2) is 0 Å². The van der Waals surface area contributed by atoms with E-state index >= 15 is 0 Å². The number of ether oxygens (including phenoxy) is 1. The van der Waals surface area contributed by atoms with Crippen LogP contribution in [0.15, 0.2) is 42.5 Å². The van der Waals surface area contributed by atoms with E-state index in [0.717, 1.165) is 5.56 Å². The first-order chi connectivity index (χ1) is 10.2. The van der Waals surface area contributed by atoms with Crippen LogP contribution < -0.4 is 4.74 Å². The zero-order valence-electron chi connectivity index (χ0n) is 11.1. The van der Waals surface area contributed by atoms with E-state index in [1.54, 1.807) is 30.3 Å². The molecule has 0 aliphatic rings. The number of nitrogens with zero attached hydrogens (tertiary/aromatic N) is 1. The van der Waals surface area contributed by atoms with Crippen LogP contribution in [0.4, 0.5) is 4.39 Å². The van der Waals surface area contributed by atoms with E-state index in [0.29, 0.717) is 16.9 Å². The average Bonchev–Trinajstić information content (AvgIpc) is 2.51. The summed E-state index contributed by atoms with van der Waals surface area (Å²) in [5.74, 6) is 5.00. The van der Waals surface area contributed by atoms with Gasteiger partial charge in [-0.25, -0.2) is 4.39 Å². The minimum atomic E-state index is -0.449. The molecule has 0 heterocycles. The summed E-state index contributed by atoms with van der Waals surface area (Å²) in [6.45, 7) is -0.0139. The van der Waals surface area contributed by atoms with Crippen LogP contribution in [0, 0.1) is 29.0 Å². The molecule has 0 aliphatic heterocycles. The molecule has 3 nitrogen and oxygen atoms in total. The summed E-state index contributed by atoms with van der Waals surface area (Å²) in [7, 11) is 0. The molecule has 2 aromatic carbocycles. The summed E-state index contributed by atoms with van der Waals surface area (Å²) in [5.41, 5.74) is 1.89. The number of hydrogen-bond donors (Lipinski definition) is 1. The molecule has 0 aliphatic carbocycles. The predicted octanol–water partition coefficient (Wildman–Crippen LogP) is 2.62. The van der Waals surface area contributed by atoms with E-state index < -0.39 is 5.82 Å². The smallest absolute Gasteiger partial charge is 0.128 e. The summed E-state index contributed by atoms with van der Waals surface area (Å²) in [4.78, 5) is 0. The molecule has 0 spiro atoms. The highest BCUT2D eigenvalue weighted by molar-refractivity contribution is 5.40. The fourth-order valence-electron chi connectivity index (χ4n) is 1.70. The number of aliphatic hydroxyl groups is 1. The van der Waals surface area contributed by atoms with Gasteiger partial charge < -0.3 is 9.84 Å². The maximum absolute atomic E-state index is 13.4. The number of nitriles is 1. The van der Waals surface area contributed by atoms with Crippen molar-refractivity contribution >= 4 is 0 Å². The van der Waals surface area contributed by atoms with Gasteiger partial charge in [-0.1, -0.05) is 24.0 Å². The summed E-state index contributed by atoms with van der Waals surface area (Å²) in [6, 6.07) is 13.1. The second-order valence-corrected chi connectivity index (χ2v) is 4.23. The number of rotatable bonds is 3. The SMILES string of the molecule is N#Cc1ccc(COc2cc(F)cc(C#CCO)c2)cc1. The second-order valence-electron chi connectivity index (χ2n) is 4.23. The highest BCUT2D eigenvalue weighted by Gasteiger charge is 2.01. The van der Waals surface area contributed by atoms with Crippen molar-refractivity contribution in [2.24, 2.45) is 0 Å². The Labute approximate surface area is 122 Å². The molecule has 0 saturated carbocycles. The third kappa shape index (κ3) is 4.35. The molecular weight excluding hydrogens is 269 g/mol. The fraction of sp³-hybridized carbons (Fsp3) is 0.118. The quantitative estimate of drug-likeness (QED) is 0.880. The first kappa shape index (κ1) is 14.6. The van der Waals surface area contributed by atoms with Gasteiger partial charge in [-0.3, -0.25) is 0 Å². The first-order valence-electron chi connectivity index (χ1n) is 6.23. The van der Waals surface area contributed by atoms with E-state index in [9.17, 15) is 4.39 Å². The number of hydrogen-bond acceptors (Lipinski definition) is 3. The van der Waals surface area contributed by atoms with Crippen molar-refractivity contribution in [2.45, 2.75) is 6.61 Å². The Bertz CT molecular complexity index is 721. The van der Waals surface area contributed by atoms with Crippen molar-refractivity contribution in [2.75, 3.05) is 6.61 Å². The van der Waals surface area contributed by atoms with Crippen molar-refractivity contribution in [1.82, 2.24) is 0 Å². The second kappa shape index (κ2) is 7.09. The van der Waals surface area contributed by atoms with Crippen LogP contribution >= 0.6 is 0 Å². The fourth-order valence-corrected chi connectivity index (χ4v) is 1.70. The van der Waals surface area contributed by atoms with Gasteiger partial charge in [0.1, 0.15) is 24.8 Å². The van der Waals surface area contributed by atoms with E-state index in [2.05, 4.69) is 11.8 Å². The molecule has 4 heteroatoms. The lowest BCUT2D eigenvalue weighted by Gasteiger charge is -2.07. The minimum Gasteiger partial charge on any atom is -0.489 e. The molecule has 0 unspecified atom stereocenters. The van der Waals surface area contributed by atoms with E-state index in [-0.39, 0.29) is 13.2 Å². The monoisotopic (exact) mass is 281 g/mol. The molecule has 1 N–H and O–H groups in total. The van der Waals surface area contributed by atoms with Crippen molar-refractivity contribution in [3.8, 4) is 23.7 Å². The van der Waals surface area contributed by atoms with Crippen LogP contribution in [-0.4, -0.2) is 11.7 Å². The lowest BCUT2D eigenvalue weighted by atomic mass is 10.1. The predicted molar refractivity (Wildman–Crippen MR) is 75.9 cm³/mol. The molecule has 0 saturated heterocycles. The van der Waals surface area contributed by atoms with Crippen LogP contribution in [0.3, 0.4) is 0 Å². The lowest BCUT2D eigenvalue weighted by molar-refractivity contribution is 0.304.